The quantitative estimate of drug-likeness (QED) is 0.588. The van der Waals surface area contributed by atoms with E-state index in [0.29, 0.717) is 42.8 Å². The highest BCUT2D eigenvalue weighted by molar-refractivity contribution is 5.92. The maximum atomic E-state index is 14.5. The summed E-state index contributed by atoms with van der Waals surface area (Å²) in [6.45, 7) is -0.406. The normalized spacial score (nSPS) is 16.0. The van der Waals surface area contributed by atoms with Crippen molar-refractivity contribution in [2.24, 2.45) is 0 Å². The third-order valence-electron chi connectivity index (χ3n) is 5.05. The van der Waals surface area contributed by atoms with Crippen LogP contribution in [0.2, 0.25) is 0 Å². The SMILES string of the molecule is [2H]C([2H])(c1ccc2nc(OC)c(=O)[nH]c2c1)N1CCN(c2ccc(C(=O)NC)nc2F)CC1. The van der Waals surface area contributed by atoms with Gasteiger partial charge in [-0.2, -0.15) is 4.39 Å². The Hall–Kier alpha value is -3.53. The van der Waals surface area contributed by atoms with E-state index >= 15 is 0 Å². The molecule has 1 aromatic carbocycles. The van der Waals surface area contributed by atoms with Gasteiger partial charge < -0.3 is 19.9 Å². The average Bonchev–Trinajstić information content (AvgIpc) is 2.82. The van der Waals surface area contributed by atoms with Gasteiger partial charge in [0.2, 0.25) is 5.95 Å². The van der Waals surface area contributed by atoms with E-state index in [1.165, 1.54) is 26.3 Å². The minimum absolute atomic E-state index is 0.00447. The maximum Gasteiger partial charge on any atom is 0.311 e. The second kappa shape index (κ2) is 8.68. The van der Waals surface area contributed by atoms with Gasteiger partial charge in [0.1, 0.15) is 5.69 Å². The number of pyridine rings is 1. The van der Waals surface area contributed by atoms with Gasteiger partial charge in [-0.3, -0.25) is 14.5 Å². The van der Waals surface area contributed by atoms with E-state index in [1.54, 1.807) is 28.0 Å². The first-order valence-corrected chi connectivity index (χ1v) is 9.71. The van der Waals surface area contributed by atoms with Gasteiger partial charge in [0, 0.05) is 42.5 Å². The molecule has 0 radical (unpaired) electrons. The molecule has 0 unspecified atom stereocenters. The number of ether oxygens (including phenoxy) is 1. The van der Waals surface area contributed by atoms with Gasteiger partial charge in [-0.15, -0.1) is 0 Å². The second-order valence-corrected chi connectivity index (χ2v) is 6.98. The Bertz CT molecular complexity index is 1260. The van der Waals surface area contributed by atoms with Crippen LogP contribution >= 0.6 is 0 Å². The molecule has 10 heteroatoms. The molecule has 4 rings (SSSR count). The molecule has 9 nitrogen and oxygen atoms in total. The number of piperazine rings is 1. The fourth-order valence-electron chi connectivity index (χ4n) is 3.44. The van der Waals surface area contributed by atoms with Crippen molar-refractivity contribution in [3.8, 4) is 5.88 Å². The number of halogens is 1. The fraction of sp³-hybridized carbons (Fsp3) is 0.333. The molecular formula is C21H23FN6O3. The molecule has 3 aromatic rings. The zero-order valence-electron chi connectivity index (χ0n) is 19.1. The fourth-order valence-corrected chi connectivity index (χ4v) is 3.44. The molecule has 1 aliphatic rings. The smallest absolute Gasteiger partial charge is 0.311 e. The third-order valence-corrected chi connectivity index (χ3v) is 5.05. The summed E-state index contributed by atoms with van der Waals surface area (Å²) in [5.41, 5.74) is 1.04. The van der Waals surface area contributed by atoms with Crippen LogP contribution in [0.1, 0.15) is 18.8 Å². The lowest BCUT2D eigenvalue weighted by Gasteiger charge is -2.36. The molecule has 2 aromatic heterocycles. The molecule has 0 bridgehead atoms. The van der Waals surface area contributed by atoms with Crippen molar-refractivity contribution in [1.29, 1.82) is 0 Å². The van der Waals surface area contributed by atoms with Crippen LogP contribution in [0.5, 0.6) is 5.88 Å². The number of fused-ring (bicyclic) bond motifs is 1. The Balaban J connectivity index is 1.51. The zero-order chi connectivity index (χ0) is 23.8. The number of nitrogens with one attached hydrogen (secondary N) is 2. The maximum absolute atomic E-state index is 14.5. The third kappa shape index (κ3) is 4.33. The molecule has 0 saturated carbocycles. The number of aromatic amines is 1. The van der Waals surface area contributed by atoms with Crippen molar-refractivity contribution in [2.75, 3.05) is 45.2 Å². The number of H-pyrrole nitrogens is 1. The van der Waals surface area contributed by atoms with Gasteiger partial charge in [0.05, 0.1) is 23.8 Å². The van der Waals surface area contributed by atoms with Gasteiger partial charge in [0.25, 0.3) is 11.8 Å². The lowest BCUT2D eigenvalue weighted by Crippen LogP contribution is -2.46. The number of methoxy groups -OCH3 is 1. The van der Waals surface area contributed by atoms with Crippen molar-refractivity contribution < 1.29 is 16.7 Å². The highest BCUT2D eigenvalue weighted by Crippen LogP contribution is 2.21. The van der Waals surface area contributed by atoms with Crippen molar-refractivity contribution in [2.45, 2.75) is 6.50 Å². The van der Waals surface area contributed by atoms with E-state index in [4.69, 9.17) is 7.48 Å². The summed E-state index contributed by atoms with van der Waals surface area (Å²) >= 11 is 0. The van der Waals surface area contributed by atoms with E-state index in [9.17, 15) is 14.0 Å². The molecular weight excluding hydrogens is 403 g/mol. The molecule has 0 spiro atoms. The van der Waals surface area contributed by atoms with E-state index in [-0.39, 0.29) is 17.3 Å². The first-order chi connectivity index (χ1) is 15.7. The predicted molar refractivity (Wildman–Crippen MR) is 114 cm³/mol. The van der Waals surface area contributed by atoms with Crippen LogP contribution in [-0.4, -0.2) is 66.1 Å². The zero-order valence-corrected chi connectivity index (χ0v) is 17.1. The van der Waals surface area contributed by atoms with E-state index in [2.05, 4.69) is 20.3 Å². The Labute approximate surface area is 180 Å². The van der Waals surface area contributed by atoms with Gasteiger partial charge in [-0.05, 0) is 29.8 Å². The number of amides is 1. The number of hydrogen-bond acceptors (Lipinski definition) is 7. The van der Waals surface area contributed by atoms with Gasteiger partial charge in [-0.25, -0.2) is 9.97 Å². The van der Waals surface area contributed by atoms with Crippen LogP contribution in [0.4, 0.5) is 10.1 Å². The molecule has 2 N–H and O–H groups in total. The van der Waals surface area contributed by atoms with Crippen LogP contribution in [0.3, 0.4) is 0 Å². The molecule has 1 amide bonds. The van der Waals surface area contributed by atoms with E-state index < -0.39 is 23.9 Å². The van der Waals surface area contributed by atoms with Gasteiger partial charge >= 0.3 is 5.56 Å². The number of benzene rings is 1. The van der Waals surface area contributed by atoms with Crippen LogP contribution in [-0.2, 0) is 6.50 Å². The largest absolute Gasteiger partial charge is 0.477 e. The highest BCUT2D eigenvalue weighted by Gasteiger charge is 2.21. The lowest BCUT2D eigenvalue weighted by atomic mass is 10.1. The van der Waals surface area contributed by atoms with E-state index in [0.717, 1.165) is 0 Å². The number of rotatable bonds is 5. The topological polar surface area (TPSA) is 103 Å². The van der Waals surface area contributed by atoms with Crippen LogP contribution in [0.15, 0.2) is 35.1 Å². The standard InChI is InChI=1S/C21H23FN6O3/c1-23-19(29)15-5-6-17(18(22)24-15)28-9-7-27(8-10-28)12-13-3-4-14-16(11-13)25-20(30)21(26-14)31-2/h3-6,11H,7-10,12H2,1-2H3,(H,23,29)(H,25,30)/i12D2. The molecule has 3 heterocycles. The van der Waals surface area contributed by atoms with E-state index in [1.807, 2.05) is 0 Å². The summed E-state index contributed by atoms with van der Waals surface area (Å²) in [6, 6.07) is 7.80. The summed E-state index contributed by atoms with van der Waals surface area (Å²) in [6.07, 6.45) is 0. The number of anilines is 1. The Morgan fingerprint density at radius 1 is 1.26 bits per heavy atom. The summed E-state index contributed by atoms with van der Waals surface area (Å²) < 4.78 is 36.8. The number of carbonyl (C=O) groups excluding carboxylic acids is 1. The van der Waals surface area contributed by atoms with Crippen molar-refractivity contribution in [3.63, 3.8) is 0 Å². The van der Waals surface area contributed by atoms with Crippen molar-refractivity contribution in [1.82, 2.24) is 25.2 Å². The first kappa shape index (κ1) is 18.3. The Morgan fingerprint density at radius 3 is 2.71 bits per heavy atom. The summed E-state index contributed by atoms with van der Waals surface area (Å²) in [5.74, 6) is -1.27. The van der Waals surface area contributed by atoms with Gasteiger partial charge in [0.15, 0.2) is 0 Å². The molecule has 162 valence electrons. The van der Waals surface area contributed by atoms with Crippen LogP contribution in [0.25, 0.3) is 11.0 Å². The predicted octanol–water partition coefficient (Wildman–Crippen LogP) is 1.15. The number of aromatic nitrogens is 3. The molecule has 1 fully saturated rings. The lowest BCUT2D eigenvalue weighted by molar-refractivity contribution is 0.0957. The second-order valence-electron chi connectivity index (χ2n) is 6.98. The number of nitrogens with zero attached hydrogens (tertiary/aromatic N) is 4. The number of carbonyl (C=O) groups is 1. The average molecular weight is 428 g/mol. The first-order valence-electron chi connectivity index (χ1n) is 10.7. The van der Waals surface area contributed by atoms with Crippen LogP contribution < -0.4 is 20.5 Å². The Kier molecular flexibility index (Phi) is 5.11. The Morgan fingerprint density at radius 2 is 2.03 bits per heavy atom. The minimum atomic E-state index is -1.82. The molecule has 1 saturated heterocycles. The molecule has 0 aliphatic carbocycles. The van der Waals surface area contributed by atoms with Crippen molar-refractivity contribution in [3.05, 3.63) is 57.9 Å². The minimum Gasteiger partial charge on any atom is -0.477 e. The van der Waals surface area contributed by atoms with Crippen LogP contribution in [0, 0.1) is 5.95 Å². The van der Waals surface area contributed by atoms with Gasteiger partial charge in [-0.1, -0.05) is 6.07 Å². The number of hydrogen-bond donors (Lipinski definition) is 2. The molecule has 31 heavy (non-hydrogen) atoms. The summed E-state index contributed by atoms with van der Waals surface area (Å²) in [4.78, 5) is 37.6. The molecule has 0 atom stereocenters. The summed E-state index contributed by atoms with van der Waals surface area (Å²) in [7, 11) is 2.80. The summed E-state index contributed by atoms with van der Waals surface area (Å²) in [5, 5.41) is 2.41. The molecule has 1 aliphatic heterocycles. The monoisotopic (exact) mass is 428 g/mol. The highest BCUT2D eigenvalue weighted by atomic mass is 19.1. The van der Waals surface area contributed by atoms with Crippen molar-refractivity contribution >= 4 is 22.6 Å².